The molecule has 3 aromatic carbocycles. The quantitative estimate of drug-likeness (QED) is 0.374. The van der Waals surface area contributed by atoms with Crippen LogP contribution < -0.4 is 0 Å². The van der Waals surface area contributed by atoms with E-state index in [1.807, 2.05) is 42.7 Å². The summed E-state index contributed by atoms with van der Waals surface area (Å²) in [5.41, 5.74) is 3.43. The Morgan fingerprint density at radius 1 is 1.12 bits per heavy atom. The molecule has 5 heteroatoms. The summed E-state index contributed by atoms with van der Waals surface area (Å²) in [6, 6.07) is 18.1. The normalized spacial score (nSPS) is 11.5. The van der Waals surface area contributed by atoms with Crippen molar-refractivity contribution in [3.05, 3.63) is 82.2 Å². The first-order valence-electron chi connectivity index (χ1n) is 8.64. The van der Waals surface area contributed by atoms with Gasteiger partial charge in [-0.05, 0) is 33.9 Å². The van der Waals surface area contributed by atoms with Gasteiger partial charge in [0.05, 0.1) is 16.8 Å². The number of fused-ring (bicyclic) bond motifs is 2. The van der Waals surface area contributed by atoms with Crippen molar-refractivity contribution in [3.63, 3.8) is 0 Å². The minimum Gasteiger partial charge on any atom is -0.326 e. The van der Waals surface area contributed by atoms with Gasteiger partial charge in [0, 0.05) is 12.6 Å². The van der Waals surface area contributed by atoms with Crippen LogP contribution in [0.15, 0.2) is 60.9 Å². The van der Waals surface area contributed by atoms with Gasteiger partial charge < -0.3 is 4.57 Å². The van der Waals surface area contributed by atoms with E-state index >= 15 is 0 Å². The molecule has 26 heavy (non-hydrogen) atoms. The molecule has 0 unspecified atom stereocenters. The average Bonchev–Trinajstić information content (AvgIpc) is 3.04. The van der Waals surface area contributed by atoms with Gasteiger partial charge in [0.2, 0.25) is 0 Å². The van der Waals surface area contributed by atoms with E-state index in [4.69, 9.17) is 0 Å². The summed E-state index contributed by atoms with van der Waals surface area (Å²) < 4.78 is 2.00. The first-order chi connectivity index (χ1) is 12.5. The second-order valence-corrected chi connectivity index (χ2v) is 6.83. The third-order valence-electron chi connectivity index (χ3n) is 4.81. The largest absolute Gasteiger partial charge is 0.326 e. The number of aromatic nitrogens is 2. The minimum absolute atomic E-state index is 0.0721. The molecular weight excluding hydrogens is 326 g/mol. The zero-order chi connectivity index (χ0) is 18.3. The smallest absolute Gasteiger partial charge is 0.297 e. The van der Waals surface area contributed by atoms with Crippen molar-refractivity contribution in [3.8, 4) is 0 Å². The van der Waals surface area contributed by atoms with Crippen LogP contribution in [0, 0.1) is 10.1 Å². The number of hydrogen-bond donors (Lipinski definition) is 0. The minimum atomic E-state index is -0.344. The van der Waals surface area contributed by atoms with E-state index in [1.54, 1.807) is 12.4 Å². The van der Waals surface area contributed by atoms with Crippen LogP contribution in [-0.2, 0) is 6.54 Å². The molecule has 1 aromatic heterocycles. The van der Waals surface area contributed by atoms with Crippen molar-refractivity contribution >= 4 is 27.5 Å². The summed E-state index contributed by atoms with van der Waals surface area (Å²) in [7, 11) is 0. The predicted octanol–water partition coefficient (Wildman–Crippen LogP) is 5.27. The average molecular weight is 345 g/mol. The van der Waals surface area contributed by atoms with Crippen LogP contribution in [-0.4, -0.2) is 14.5 Å². The molecule has 0 saturated carbocycles. The summed E-state index contributed by atoms with van der Waals surface area (Å²) in [5, 5.41) is 13.9. The molecule has 0 fully saturated rings. The standard InChI is InChI=1S/C21H19N3O2/c1-14(2)17-10-19-21(20(11-17)24(25)26)22-13-23(19)12-16-8-5-7-15-6-3-4-9-18(15)16/h3-11,13-14H,12H2,1-2H3. The first-order valence-corrected chi connectivity index (χ1v) is 8.64. The van der Waals surface area contributed by atoms with Crippen LogP contribution in [0.3, 0.4) is 0 Å². The predicted molar refractivity (Wildman–Crippen MR) is 104 cm³/mol. The van der Waals surface area contributed by atoms with Crippen molar-refractivity contribution < 1.29 is 4.92 Å². The van der Waals surface area contributed by atoms with Gasteiger partial charge in [-0.15, -0.1) is 0 Å². The summed E-state index contributed by atoms with van der Waals surface area (Å²) in [6.07, 6.45) is 1.70. The lowest BCUT2D eigenvalue weighted by molar-refractivity contribution is -0.383. The van der Waals surface area contributed by atoms with Crippen molar-refractivity contribution in [1.82, 2.24) is 9.55 Å². The molecule has 0 aliphatic heterocycles. The van der Waals surface area contributed by atoms with Crippen LogP contribution in [0.25, 0.3) is 21.8 Å². The number of nitro groups is 1. The molecule has 0 N–H and O–H groups in total. The highest BCUT2D eigenvalue weighted by Crippen LogP contribution is 2.30. The third-order valence-corrected chi connectivity index (χ3v) is 4.81. The molecule has 4 rings (SSSR count). The maximum atomic E-state index is 11.5. The number of hydrogen-bond acceptors (Lipinski definition) is 3. The molecule has 1 heterocycles. The monoisotopic (exact) mass is 345 g/mol. The number of nitro benzene ring substituents is 1. The highest BCUT2D eigenvalue weighted by molar-refractivity contribution is 5.87. The Morgan fingerprint density at radius 3 is 2.65 bits per heavy atom. The maximum absolute atomic E-state index is 11.5. The van der Waals surface area contributed by atoms with Crippen LogP contribution in [0.2, 0.25) is 0 Å². The van der Waals surface area contributed by atoms with E-state index < -0.39 is 0 Å². The Bertz CT molecular complexity index is 1120. The fourth-order valence-electron chi connectivity index (χ4n) is 3.38. The number of imidazole rings is 1. The molecule has 4 aromatic rings. The van der Waals surface area contributed by atoms with Gasteiger partial charge in [-0.1, -0.05) is 56.3 Å². The number of non-ortho nitro benzene ring substituents is 1. The van der Waals surface area contributed by atoms with Crippen molar-refractivity contribution in [1.29, 1.82) is 0 Å². The van der Waals surface area contributed by atoms with Gasteiger partial charge in [-0.25, -0.2) is 4.98 Å². The molecule has 0 radical (unpaired) electrons. The van der Waals surface area contributed by atoms with Crippen LogP contribution in [0.4, 0.5) is 5.69 Å². The summed E-state index contributed by atoms with van der Waals surface area (Å²) in [6.45, 7) is 4.70. The number of rotatable bonds is 4. The molecule has 0 bridgehead atoms. The van der Waals surface area contributed by atoms with E-state index in [2.05, 4.69) is 29.2 Å². The Morgan fingerprint density at radius 2 is 1.88 bits per heavy atom. The zero-order valence-corrected chi connectivity index (χ0v) is 14.7. The van der Waals surface area contributed by atoms with Gasteiger partial charge in [0.1, 0.15) is 0 Å². The van der Waals surface area contributed by atoms with E-state index in [-0.39, 0.29) is 16.5 Å². The molecule has 5 nitrogen and oxygen atoms in total. The molecule has 0 aliphatic rings. The van der Waals surface area contributed by atoms with E-state index in [0.29, 0.717) is 12.1 Å². The van der Waals surface area contributed by atoms with Gasteiger partial charge in [-0.2, -0.15) is 0 Å². The fourth-order valence-corrected chi connectivity index (χ4v) is 3.38. The van der Waals surface area contributed by atoms with Gasteiger partial charge in [-0.3, -0.25) is 10.1 Å². The van der Waals surface area contributed by atoms with Crippen LogP contribution in [0.1, 0.15) is 30.9 Å². The number of benzene rings is 3. The molecule has 0 saturated heterocycles. The highest BCUT2D eigenvalue weighted by atomic mass is 16.6. The Labute approximate surface area is 151 Å². The zero-order valence-electron chi connectivity index (χ0n) is 14.7. The SMILES string of the molecule is CC(C)c1cc([N+](=O)[O-])c2ncn(Cc3cccc4ccccc34)c2c1. The van der Waals surface area contributed by atoms with Gasteiger partial charge in [0.25, 0.3) is 5.69 Å². The van der Waals surface area contributed by atoms with Crippen LogP contribution in [0.5, 0.6) is 0 Å². The van der Waals surface area contributed by atoms with E-state index in [1.165, 1.54) is 16.3 Å². The van der Waals surface area contributed by atoms with E-state index in [0.717, 1.165) is 11.1 Å². The van der Waals surface area contributed by atoms with Crippen LogP contribution >= 0.6 is 0 Å². The van der Waals surface area contributed by atoms with Crippen molar-refractivity contribution in [2.45, 2.75) is 26.3 Å². The van der Waals surface area contributed by atoms with Gasteiger partial charge >= 0.3 is 0 Å². The molecule has 0 amide bonds. The molecule has 0 aliphatic carbocycles. The molecular formula is C21H19N3O2. The first kappa shape index (κ1) is 16.3. The van der Waals surface area contributed by atoms with Gasteiger partial charge in [0.15, 0.2) is 5.52 Å². The summed E-state index contributed by atoms with van der Waals surface area (Å²) in [4.78, 5) is 15.5. The molecule has 0 atom stereocenters. The fraction of sp³-hybridized carbons (Fsp3) is 0.190. The summed E-state index contributed by atoms with van der Waals surface area (Å²) >= 11 is 0. The van der Waals surface area contributed by atoms with Crippen molar-refractivity contribution in [2.75, 3.05) is 0 Å². The Hall–Kier alpha value is -3.21. The third kappa shape index (κ3) is 2.71. The summed E-state index contributed by atoms with van der Waals surface area (Å²) in [5.74, 6) is 0.207. The lowest BCUT2D eigenvalue weighted by Gasteiger charge is -2.10. The molecule has 0 spiro atoms. The number of nitrogens with zero attached hydrogens (tertiary/aromatic N) is 3. The molecule has 130 valence electrons. The van der Waals surface area contributed by atoms with E-state index in [9.17, 15) is 10.1 Å². The maximum Gasteiger partial charge on any atom is 0.297 e. The lowest BCUT2D eigenvalue weighted by Crippen LogP contribution is -2.00. The van der Waals surface area contributed by atoms with Crippen molar-refractivity contribution in [2.24, 2.45) is 0 Å². The topological polar surface area (TPSA) is 61.0 Å². The second-order valence-electron chi connectivity index (χ2n) is 6.83. The Balaban J connectivity index is 1.88. The highest BCUT2D eigenvalue weighted by Gasteiger charge is 2.19. The Kier molecular flexibility index (Phi) is 3.92. The second kappa shape index (κ2) is 6.26. The lowest BCUT2D eigenvalue weighted by atomic mass is 10.0.